The Kier molecular flexibility index (Phi) is 4.24. The van der Waals surface area contributed by atoms with Crippen LogP contribution in [-0.2, 0) is 20.1 Å². The largest absolute Gasteiger partial charge is 0.351 e. The number of hydrogen-bond acceptors (Lipinski definition) is 3. The van der Waals surface area contributed by atoms with E-state index in [0.29, 0.717) is 0 Å². The Morgan fingerprint density at radius 3 is 2.68 bits per heavy atom. The summed E-state index contributed by atoms with van der Waals surface area (Å²) in [6.45, 7) is 8.05. The molecule has 0 unspecified atom stereocenters. The Morgan fingerprint density at radius 2 is 2.05 bits per heavy atom. The highest BCUT2D eigenvalue weighted by Gasteiger charge is 2.07. The van der Waals surface area contributed by atoms with Crippen LogP contribution in [0.15, 0.2) is 12.4 Å². The van der Waals surface area contributed by atoms with Gasteiger partial charge in [0.25, 0.3) is 0 Å². The molecule has 0 fully saturated rings. The van der Waals surface area contributed by atoms with Crippen molar-refractivity contribution in [3.8, 4) is 0 Å². The third-order valence-corrected chi connectivity index (χ3v) is 3.20. The van der Waals surface area contributed by atoms with Gasteiger partial charge in [0.1, 0.15) is 0 Å². The van der Waals surface area contributed by atoms with E-state index in [2.05, 4.69) is 39.3 Å². The van der Waals surface area contributed by atoms with Gasteiger partial charge in [0.2, 0.25) is 5.95 Å². The standard InChI is InChI=1S/C14H23N5/c1-5-6-7-19-9-11(2)16-14(19)15-8-13-10-18(4)17-12(13)3/h9-10H,5-8H2,1-4H3,(H,15,16). The summed E-state index contributed by atoms with van der Waals surface area (Å²) in [5.74, 6) is 0.953. The third-order valence-electron chi connectivity index (χ3n) is 3.20. The number of imidazole rings is 1. The number of nitrogens with zero attached hydrogens (tertiary/aromatic N) is 4. The van der Waals surface area contributed by atoms with E-state index in [9.17, 15) is 0 Å². The first-order valence-electron chi connectivity index (χ1n) is 6.87. The molecule has 0 aliphatic carbocycles. The van der Waals surface area contributed by atoms with Crippen LogP contribution in [0.2, 0.25) is 0 Å². The van der Waals surface area contributed by atoms with Crippen molar-refractivity contribution < 1.29 is 0 Å². The fourth-order valence-corrected chi connectivity index (χ4v) is 2.18. The molecule has 0 aliphatic rings. The molecule has 2 aromatic heterocycles. The topological polar surface area (TPSA) is 47.7 Å². The van der Waals surface area contributed by atoms with Gasteiger partial charge in [-0.15, -0.1) is 0 Å². The summed E-state index contributed by atoms with van der Waals surface area (Å²) in [6, 6.07) is 0. The molecule has 19 heavy (non-hydrogen) atoms. The average molecular weight is 261 g/mol. The first kappa shape index (κ1) is 13.6. The van der Waals surface area contributed by atoms with Gasteiger partial charge in [0.15, 0.2) is 0 Å². The molecule has 0 atom stereocenters. The van der Waals surface area contributed by atoms with Gasteiger partial charge in [-0.25, -0.2) is 4.98 Å². The minimum absolute atomic E-state index is 0.766. The van der Waals surface area contributed by atoms with Crippen LogP contribution in [0.5, 0.6) is 0 Å². The van der Waals surface area contributed by atoms with Gasteiger partial charge >= 0.3 is 0 Å². The van der Waals surface area contributed by atoms with Gasteiger partial charge in [-0.3, -0.25) is 4.68 Å². The molecule has 0 saturated heterocycles. The van der Waals surface area contributed by atoms with Gasteiger partial charge in [-0.05, 0) is 20.3 Å². The Balaban J connectivity index is 2.04. The summed E-state index contributed by atoms with van der Waals surface area (Å²) in [5.41, 5.74) is 3.34. The van der Waals surface area contributed by atoms with Crippen molar-refractivity contribution in [2.45, 2.75) is 46.7 Å². The maximum absolute atomic E-state index is 4.54. The van der Waals surface area contributed by atoms with Crippen molar-refractivity contribution in [2.24, 2.45) is 7.05 Å². The molecule has 2 aromatic rings. The fourth-order valence-electron chi connectivity index (χ4n) is 2.18. The van der Waals surface area contributed by atoms with Gasteiger partial charge < -0.3 is 9.88 Å². The number of rotatable bonds is 6. The Labute approximate surface area is 114 Å². The molecule has 0 aliphatic heterocycles. The molecular formula is C14H23N5. The summed E-state index contributed by atoms with van der Waals surface area (Å²) in [5, 5.41) is 7.76. The minimum atomic E-state index is 0.766. The smallest absolute Gasteiger partial charge is 0.203 e. The molecule has 0 saturated carbocycles. The van der Waals surface area contributed by atoms with E-state index in [-0.39, 0.29) is 0 Å². The molecular weight excluding hydrogens is 238 g/mol. The highest BCUT2D eigenvalue weighted by molar-refractivity contribution is 5.31. The molecule has 104 valence electrons. The van der Waals surface area contributed by atoms with Crippen molar-refractivity contribution in [1.29, 1.82) is 0 Å². The van der Waals surface area contributed by atoms with Gasteiger partial charge in [0, 0.05) is 38.1 Å². The summed E-state index contributed by atoms with van der Waals surface area (Å²) >= 11 is 0. The van der Waals surface area contributed by atoms with Gasteiger partial charge in [0.05, 0.1) is 11.4 Å². The predicted octanol–water partition coefficient (Wildman–Crippen LogP) is 2.65. The van der Waals surface area contributed by atoms with Crippen LogP contribution in [0, 0.1) is 13.8 Å². The summed E-state index contributed by atoms with van der Waals surface area (Å²) in [7, 11) is 1.95. The van der Waals surface area contributed by atoms with Crippen LogP contribution in [0.4, 0.5) is 5.95 Å². The predicted molar refractivity (Wildman–Crippen MR) is 77.1 cm³/mol. The zero-order valence-corrected chi connectivity index (χ0v) is 12.3. The lowest BCUT2D eigenvalue weighted by atomic mass is 10.3. The van der Waals surface area contributed by atoms with Crippen LogP contribution in [-0.4, -0.2) is 19.3 Å². The molecule has 5 nitrogen and oxygen atoms in total. The number of unbranched alkanes of at least 4 members (excludes halogenated alkanes) is 1. The van der Waals surface area contributed by atoms with E-state index in [0.717, 1.165) is 30.4 Å². The second-order valence-electron chi connectivity index (χ2n) is 5.02. The zero-order valence-electron chi connectivity index (χ0n) is 12.3. The summed E-state index contributed by atoms with van der Waals surface area (Å²) in [4.78, 5) is 4.54. The maximum atomic E-state index is 4.54. The lowest BCUT2D eigenvalue weighted by Gasteiger charge is -2.08. The van der Waals surface area contributed by atoms with Gasteiger partial charge in [-0.1, -0.05) is 13.3 Å². The summed E-state index contributed by atoms with van der Waals surface area (Å²) < 4.78 is 4.05. The maximum Gasteiger partial charge on any atom is 0.203 e. The van der Waals surface area contributed by atoms with Crippen LogP contribution in [0.25, 0.3) is 0 Å². The lowest BCUT2D eigenvalue weighted by molar-refractivity contribution is 0.634. The van der Waals surface area contributed by atoms with E-state index in [1.165, 1.54) is 18.4 Å². The molecule has 0 spiro atoms. The SMILES string of the molecule is CCCCn1cc(C)nc1NCc1cn(C)nc1C. The molecule has 0 amide bonds. The fraction of sp³-hybridized carbons (Fsp3) is 0.571. The molecule has 5 heteroatoms. The number of hydrogen-bond donors (Lipinski definition) is 1. The van der Waals surface area contributed by atoms with Crippen molar-refractivity contribution >= 4 is 5.95 Å². The summed E-state index contributed by atoms with van der Waals surface area (Å²) in [6.07, 6.45) is 6.53. The van der Waals surface area contributed by atoms with E-state index >= 15 is 0 Å². The number of anilines is 1. The lowest BCUT2D eigenvalue weighted by Crippen LogP contribution is -2.07. The van der Waals surface area contributed by atoms with E-state index in [1.54, 1.807) is 0 Å². The Hall–Kier alpha value is -1.78. The Bertz CT molecular complexity index is 538. The average Bonchev–Trinajstić information content (AvgIpc) is 2.86. The molecule has 2 rings (SSSR count). The normalized spacial score (nSPS) is 10.9. The minimum Gasteiger partial charge on any atom is -0.351 e. The Morgan fingerprint density at radius 1 is 1.26 bits per heavy atom. The second-order valence-corrected chi connectivity index (χ2v) is 5.02. The molecule has 2 heterocycles. The second kappa shape index (κ2) is 5.91. The van der Waals surface area contributed by atoms with Crippen LogP contribution in [0.1, 0.15) is 36.7 Å². The van der Waals surface area contributed by atoms with Crippen LogP contribution >= 0.6 is 0 Å². The van der Waals surface area contributed by atoms with Crippen molar-refractivity contribution in [3.05, 3.63) is 29.3 Å². The van der Waals surface area contributed by atoms with E-state index < -0.39 is 0 Å². The van der Waals surface area contributed by atoms with Gasteiger partial charge in [-0.2, -0.15) is 5.10 Å². The van der Waals surface area contributed by atoms with Crippen LogP contribution < -0.4 is 5.32 Å². The third kappa shape index (κ3) is 3.36. The van der Waals surface area contributed by atoms with Crippen LogP contribution in [0.3, 0.4) is 0 Å². The quantitative estimate of drug-likeness (QED) is 0.869. The zero-order chi connectivity index (χ0) is 13.8. The van der Waals surface area contributed by atoms with Crippen molar-refractivity contribution in [1.82, 2.24) is 19.3 Å². The highest BCUT2D eigenvalue weighted by Crippen LogP contribution is 2.13. The first-order chi connectivity index (χ1) is 9.10. The molecule has 0 aromatic carbocycles. The van der Waals surface area contributed by atoms with E-state index in [4.69, 9.17) is 0 Å². The molecule has 1 N–H and O–H groups in total. The monoisotopic (exact) mass is 261 g/mol. The first-order valence-corrected chi connectivity index (χ1v) is 6.87. The van der Waals surface area contributed by atoms with Crippen molar-refractivity contribution in [2.75, 3.05) is 5.32 Å². The number of aryl methyl sites for hydroxylation is 4. The molecule has 0 bridgehead atoms. The van der Waals surface area contributed by atoms with Crippen molar-refractivity contribution in [3.63, 3.8) is 0 Å². The number of nitrogens with one attached hydrogen (secondary N) is 1. The number of aromatic nitrogens is 4. The highest BCUT2D eigenvalue weighted by atomic mass is 15.3. The molecule has 0 radical (unpaired) electrons. The van der Waals surface area contributed by atoms with E-state index in [1.807, 2.05) is 25.6 Å².